The van der Waals surface area contributed by atoms with Gasteiger partial charge in [0.15, 0.2) is 11.9 Å². The molecule has 2 saturated carbocycles. The van der Waals surface area contributed by atoms with Crippen LogP contribution in [0.15, 0.2) is 84.1 Å². The first-order valence-corrected chi connectivity index (χ1v) is 24.0. The van der Waals surface area contributed by atoms with Crippen molar-refractivity contribution < 1.29 is 112 Å². The molecule has 15 nitrogen and oxygen atoms in total. The number of alkyl carbamates (subject to hydrolysis) is 1. The molecule has 11 atom stereocenters. The van der Waals surface area contributed by atoms with Gasteiger partial charge in [0, 0.05) is 81.6 Å². The molecule has 5 N–H and O–H groups in total. The minimum absolute atomic E-state index is 0. The zero-order chi connectivity index (χ0) is 50.7. The van der Waals surface area contributed by atoms with Gasteiger partial charge in [-0.15, -0.1) is 0 Å². The molecule has 4 rings (SSSR count). The minimum atomic E-state index is -2.28. The van der Waals surface area contributed by atoms with Crippen molar-refractivity contribution in [3.05, 3.63) is 84.1 Å². The van der Waals surface area contributed by atoms with Crippen LogP contribution in [0.5, 0.6) is 0 Å². The topological polar surface area (TPSA) is 224 Å². The SMILES string of the molecule is CC/C=C\C/C=C\C/C=C\C/C=C\C/C=C\C/C=C\CCC(=O)O[C@H]1C[C@H]2OC[C@@]2(O)[C@H]2[C@H](OC(C)=O)[C@]3(O)C[C@H](OC(=O)[C@H](O)[C@H](C)NC(=O)OC(C)(C)C)C(C)=C([C@@H](O)C(=O)[C@]12C)C3(C)C.[Ac]. The number of fused-ring (bicyclic) bond motifs is 5. The fraction of sp³-hybridized carbons (Fsp3) is 0.642. The van der Waals surface area contributed by atoms with E-state index in [9.17, 15) is 39.6 Å². The van der Waals surface area contributed by atoms with Crippen LogP contribution in [0, 0.1) is 60.8 Å². The fourth-order valence-electron chi connectivity index (χ4n) is 9.99. The number of ether oxygens (including phenoxy) is 5. The molecule has 16 heteroatoms. The van der Waals surface area contributed by atoms with Crippen LogP contribution in [0.25, 0.3) is 0 Å². The van der Waals surface area contributed by atoms with Gasteiger partial charge in [0.05, 0.1) is 24.2 Å². The maximum atomic E-state index is 15.1. The molecule has 1 heterocycles. The van der Waals surface area contributed by atoms with Gasteiger partial charge in [-0.25, -0.2) is 9.59 Å². The minimum Gasteiger partial charge on any atom is -0.461 e. The smallest absolute Gasteiger partial charge is 0.407 e. The standard InChI is InChI=1S/C53H77NO14.Ac/c1-11-12-13-14-15-16-17-18-19-20-21-22-23-24-25-26-27-28-29-30-40(56)67-38-31-39-52(62,33-64-39)44-46(65-36(4)55)53(63)32-37(34(2)41(50(53,8)9)43(58)45(59)51(38,44)10)66-47(60)42(57)35(3)54-48(61)68-49(5,6)7;/h12-13,15-16,18-19,21-22,24-25,27-28,35,37-39,42-44,46,57-58,62-63H,11,14,17,20,23,26,29-33H2,1-10H3,(H,54,61);/b13-12-,16-15-,19-18-,22-21-,25-24-,28-27-;/t35-,37-,38-,39+,42+,43+,44-,46-,51+,52-,53+;/m0./s1. The normalized spacial score (nSPS) is 30.9. The van der Waals surface area contributed by atoms with Gasteiger partial charge >= 0.3 is 24.0 Å². The number of Topliss-reactive ketones (excluding diaryl/α,β-unsaturated/α-hetero) is 1. The molecular formula is C53H77AcNO14. The summed E-state index contributed by atoms with van der Waals surface area (Å²) in [7, 11) is 0. The number of hydrogen-bond acceptors (Lipinski definition) is 14. The average Bonchev–Trinajstić information content (AvgIpc) is 3.24. The quantitative estimate of drug-likeness (QED) is 0.0467. The predicted octanol–water partition coefficient (Wildman–Crippen LogP) is 7.07. The third-order valence-electron chi connectivity index (χ3n) is 13.7. The van der Waals surface area contributed by atoms with E-state index in [-0.39, 0.29) is 74.7 Å². The summed E-state index contributed by atoms with van der Waals surface area (Å²) in [4.78, 5) is 67.7. The Balaban J connectivity index is 0.0000126. The van der Waals surface area contributed by atoms with Crippen molar-refractivity contribution in [2.75, 3.05) is 6.61 Å². The molecule has 0 unspecified atom stereocenters. The van der Waals surface area contributed by atoms with E-state index in [4.69, 9.17) is 23.7 Å². The molecule has 3 aliphatic carbocycles. The van der Waals surface area contributed by atoms with Crippen LogP contribution in [0.4, 0.5) is 4.79 Å². The summed E-state index contributed by atoms with van der Waals surface area (Å²) in [6.07, 6.45) is 19.7. The molecule has 381 valence electrons. The maximum absolute atomic E-state index is 15.1. The molecule has 0 aromatic heterocycles. The first kappa shape index (κ1) is 60.1. The van der Waals surface area contributed by atoms with E-state index in [2.05, 4.69) is 66.9 Å². The van der Waals surface area contributed by atoms with Crippen LogP contribution >= 0.6 is 0 Å². The van der Waals surface area contributed by atoms with Gasteiger partial charge in [0.1, 0.15) is 41.2 Å². The summed E-state index contributed by atoms with van der Waals surface area (Å²) in [5.74, 6) is -5.11. The maximum Gasteiger partial charge on any atom is 0.407 e. The van der Waals surface area contributed by atoms with Gasteiger partial charge in [-0.05, 0) is 97.6 Å². The molecule has 4 aliphatic rings. The number of esters is 3. The Kier molecular flexibility index (Phi) is 22.6. The Morgan fingerprint density at radius 3 is 1.86 bits per heavy atom. The van der Waals surface area contributed by atoms with E-state index in [1.807, 2.05) is 18.2 Å². The molecule has 1 radical (unpaired) electrons. The first-order chi connectivity index (χ1) is 31.9. The molecule has 0 spiro atoms. The monoisotopic (exact) mass is 1180 g/mol. The Morgan fingerprint density at radius 2 is 1.38 bits per heavy atom. The Bertz CT molecular complexity index is 2030. The second kappa shape index (κ2) is 25.9. The second-order valence-electron chi connectivity index (χ2n) is 20.2. The number of hydrogen-bond donors (Lipinski definition) is 5. The van der Waals surface area contributed by atoms with E-state index in [1.54, 1.807) is 34.6 Å². The number of amides is 1. The summed E-state index contributed by atoms with van der Waals surface area (Å²) in [5.41, 5.74) is -8.46. The molecule has 2 bridgehead atoms. The van der Waals surface area contributed by atoms with Gasteiger partial charge in [0.25, 0.3) is 0 Å². The van der Waals surface area contributed by atoms with Crippen molar-refractivity contribution in [2.45, 2.75) is 193 Å². The summed E-state index contributed by atoms with van der Waals surface area (Å²) < 4.78 is 28.9. The molecule has 1 saturated heterocycles. The number of nitrogens with one attached hydrogen (secondary N) is 1. The number of ketones is 1. The van der Waals surface area contributed by atoms with Crippen LogP contribution in [0.1, 0.15) is 133 Å². The van der Waals surface area contributed by atoms with Crippen LogP contribution in [0.2, 0.25) is 0 Å². The molecule has 0 aromatic rings. The van der Waals surface area contributed by atoms with Crippen molar-refractivity contribution in [3.63, 3.8) is 0 Å². The Hall–Kier alpha value is -3.23. The second-order valence-corrected chi connectivity index (χ2v) is 20.2. The number of aliphatic hydroxyl groups excluding tert-OH is 2. The van der Waals surface area contributed by atoms with Crippen molar-refractivity contribution >= 4 is 29.8 Å². The van der Waals surface area contributed by atoms with Gasteiger partial charge in [-0.2, -0.15) is 0 Å². The van der Waals surface area contributed by atoms with E-state index >= 15 is 4.79 Å². The van der Waals surface area contributed by atoms with E-state index in [0.717, 1.165) is 39.0 Å². The van der Waals surface area contributed by atoms with Crippen LogP contribution < -0.4 is 5.32 Å². The Labute approximate surface area is 444 Å². The number of allylic oxidation sites excluding steroid dienone is 12. The average molecular weight is 1180 g/mol. The summed E-state index contributed by atoms with van der Waals surface area (Å²) in [6.45, 7) is 15.3. The zero-order valence-corrected chi connectivity index (χ0v) is 47.0. The Morgan fingerprint density at radius 1 is 0.855 bits per heavy atom. The molecule has 1 amide bonds. The molecule has 69 heavy (non-hydrogen) atoms. The molecular weight excluding hydrogens is 1100 g/mol. The molecule has 0 aromatic carbocycles. The summed E-state index contributed by atoms with van der Waals surface area (Å²) in [5, 5.41) is 51.2. The summed E-state index contributed by atoms with van der Waals surface area (Å²) in [6, 6.07) is -1.20. The third kappa shape index (κ3) is 14.5. The third-order valence-corrected chi connectivity index (χ3v) is 13.7. The van der Waals surface area contributed by atoms with Gasteiger partial charge in [-0.1, -0.05) is 93.7 Å². The molecule has 3 fully saturated rings. The van der Waals surface area contributed by atoms with Crippen molar-refractivity contribution in [1.29, 1.82) is 0 Å². The number of rotatable bonds is 20. The van der Waals surface area contributed by atoms with E-state index < -0.39 is 112 Å². The predicted molar refractivity (Wildman–Crippen MR) is 256 cm³/mol. The largest absolute Gasteiger partial charge is 0.461 e. The van der Waals surface area contributed by atoms with Gasteiger partial charge in [-0.3, -0.25) is 14.4 Å². The number of carbonyl (C=O) groups is 5. The number of aliphatic hydroxyl groups is 4. The van der Waals surface area contributed by atoms with Gasteiger partial charge < -0.3 is 49.4 Å². The van der Waals surface area contributed by atoms with Crippen molar-refractivity contribution in [3.8, 4) is 0 Å². The van der Waals surface area contributed by atoms with E-state index in [0.29, 0.717) is 12.8 Å². The van der Waals surface area contributed by atoms with Crippen LogP contribution in [0.3, 0.4) is 0 Å². The first-order valence-electron chi connectivity index (χ1n) is 24.0. The van der Waals surface area contributed by atoms with E-state index in [1.165, 1.54) is 20.8 Å². The molecule has 1 aliphatic heterocycles. The number of carbonyl (C=O) groups excluding carboxylic acids is 5. The van der Waals surface area contributed by atoms with Crippen molar-refractivity contribution in [1.82, 2.24) is 5.32 Å². The fourth-order valence-corrected chi connectivity index (χ4v) is 9.99. The van der Waals surface area contributed by atoms with Crippen LogP contribution in [-0.2, 0) is 42.9 Å². The van der Waals surface area contributed by atoms with Crippen LogP contribution in [-0.4, -0.2) is 116 Å². The van der Waals surface area contributed by atoms with Crippen molar-refractivity contribution in [2.24, 2.45) is 16.7 Å². The van der Waals surface area contributed by atoms with Gasteiger partial charge in [0.2, 0.25) is 0 Å². The summed E-state index contributed by atoms with van der Waals surface area (Å²) >= 11 is 0. The zero-order valence-electron chi connectivity index (χ0n) is 42.3.